The van der Waals surface area contributed by atoms with E-state index in [-0.39, 0.29) is 16.4 Å². The van der Waals surface area contributed by atoms with Crippen molar-refractivity contribution >= 4 is 33.9 Å². The molecule has 116 valence electrons. The Kier molecular flexibility index (Phi) is 3.98. The van der Waals surface area contributed by atoms with Crippen molar-refractivity contribution in [3.8, 4) is 5.88 Å². The first kappa shape index (κ1) is 15.0. The minimum Gasteiger partial charge on any atom is -0.481 e. The summed E-state index contributed by atoms with van der Waals surface area (Å²) in [7, 11) is 1.52. The van der Waals surface area contributed by atoms with E-state index in [1.54, 1.807) is 31.2 Å². The quantitative estimate of drug-likeness (QED) is 0.709. The fourth-order valence-corrected chi connectivity index (χ4v) is 2.28. The molecule has 0 aliphatic carbocycles. The van der Waals surface area contributed by atoms with E-state index in [1.807, 2.05) is 6.07 Å². The van der Waals surface area contributed by atoms with Gasteiger partial charge in [-0.05, 0) is 19.1 Å². The van der Waals surface area contributed by atoms with Gasteiger partial charge in [-0.25, -0.2) is 9.97 Å². The highest BCUT2D eigenvalue weighted by Gasteiger charge is 2.10. The number of anilines is 1. The SMILES string of the molecule is COc1cc(NC(=S)c2nc3ccccc3c(=O)[nH]2)nc(C)n1. The van der Waals surface area contributed by atoms with Gasteiger partial charge in [0.15, 0.2) is 5.82 Å². The summed E-state index contributed by atoms with van der Waals surface area (Å²) in [6.45, 7) is 1.74. The van der Waals surface area contributed by atoms with Gasteiger partial charge in [-0.15, -0.1) is 0 Å². The maximum atomic E-state index is 12.1. The Hall–Kier alpha value is -2.87. The fraction of sp³-hybridized carbons (Fsp3) is 0.133. The number of H-pyrrole nitrogens is 1. The monoisotopic (exact) mass is 327 g/mol. The molecule has 2 N–H and O–H groups in total. The summed E-state index contributed by atoms with van der Waals surface area (Å²) in [5, 5.41) is 3.45. The third-order valence-electron chi connectivity index (χ3n) is 3.09. The van der Waals surface area contributed by atoms with Crippen LogP contribution in [0.15, 0.2) is 35.1 Å². The first-order valence-electron chi connectivity index (χ1n) is 6.77. The van der Waals surface area contributed by atoms with E-state index >= 15 is 0 Å². The number of fused-ring (bicyclic) bond motifs is 1. The Labute approximate surface area is 136 Å². The molecule has 23 heavy (non-hydrogen) atoms. The van der Waals surface area contributed by atoms with Gasteiger partial charge >= 0.3 is 0 Å². The summed E-state index contributed by atoms with van der Waals surface area (Å²) in [6, 6.07) is 8.67. The van der Waals surface area contributed by atoms with Gasteiger partial charge in [0.1, 0.15) is 16.6 Å². The number of ether oxygens (including phenoxy) is 1. The van der Waals surface area contributed by atoms with Crippen LogP contribution in [0.4, 0.5) is 5.82 Å². The van der Waals surface area contributed by atoms with Gasteiger partial charge < -0.3 is 15.0 Å². The topological polar surface area (TPSA) is 92.8 Å². The van der Waals surface area contributed by atoms with Gasteiger partial charge in [-0.1, -0.05) is 24.4 Å². The summed E-state index contributed by atoms with van der Waals surface area (Å²) in [4.78, 5) is 27.7. The number of aromatic amines is 1. The summed E-state index contributed by atoms with van der Waals surface area (Å²) >= 11 is 5.30. The van der Waals surface area contributed by atoms with Gasteiger partial charge in [-0.3, -0.25) is 4.79 Å². The largest absolute Gasteiger partial charge is 0.481 e. The predicted octanol–water partition coefficient (Wildman–Crippen LogP) is 1.82. The molecule has 0 aliphatic rings. The van der Waals surface area contributed by atoms with Crippen LogP contribution >= 0.6 is 12.2 Å². The lowest BCUT2D eigenvalue weighted by molar-refractivity contribution is 0.396. The van der Waals surface area contributed by atoms with Crippen molar-refractivity contribution in [2.45, 2.75) is 6.92 Å². The zero-order chi connectivity index (χ0) is 16.4. The number of para-hydroxylation sites is 1. The van der Waals surface area contributed by atoms with E-state index < -0.39 is 0 Å². The number of rotatable bonds is 3. The lowest BCUT2D eigenvalue weighted by atomic mass is 10.2. The van der Waals surface area contributed by atoms with E-state index in [4.69, 9.17) is 17.0 Å². The number of nitrogens with zero attached hydrogens (tertiary/aromatic N) is 3. The molecule has 2 heterocycles. The molecule has 0 unspecified atom stereocenters. The molecule has 2 aromatic heterocycles. The minimum absolute atomic E-state index is 0.244. The molecule has 0 saturated heterocycles. The maximum Gasteiger partial charge on any atom is 0.259 e. The van der Waals surface area contributed by atoms with Gasteiger partial charge in [0.05, 0.1) is 18.0 Å². The molecule has 3 rings (SSSR count). The number of aromatic nitrogens is 4. The highest BCUT2D eigenvalue weighted by atomic mass is 32.1. The van der Waals surface area contributed by atoms with Crippen LogP contribution in [-0.2, 0) is 0 Å². The van der Waals surface area contributed by atoms with Crippen molar-refractivity contribution < 1.29 is 4.74 Å². The molecule has 3 aromatic rings. The number of benzene rings is 1. The van der Waals surface area contributed by atoms with Crippen molar-refractivity contribution in [1.29, 1.82) is 0 Å². The van der Waals surface area contributed by atoms with Gasteiger partial charge in [-0.2, -0.15) is 4.98 Å². The second kappa shape index (κ2) is 6.09. The van der Waals surface area contributed by atoms with Gasteiger partial charge in [0, 0.05) is 6.07 Å². The van der Waals surface area contributed by atoms with Crippen molar-refractivity contribution in [3.63, 3.8) is 0 Å². The highest BCUT2D eigenvalue weighted by molar-refractivity contribution is 7.81. The van der Waals surface area contributed by atoms with Gasteiger partial charge in [0.25, 0.3) is 5.56 Å². The van der Waals surface area contributed by atoms with E-state index in [2.05, 4.69) is 25.3 Å². The lowest BCUT2D eigenvalue weighted by Crippen LogP contribution is -2.21. The average Bonchev–Trinajstić information content (AvgIpc) is 2.54. The second-order valence-corrected chi connectivity index (χ2v) is 5.14. The zero-order valence-electron chi connectivity index (χ0n) is 12.5. The Morgan fingerprint density at radius 1 is 1.26 bits per heavy atom. The third kappa shape index (κ3) is 3.16. The molecule has 0 amide bonds. The first-order chi connectivity index (χ1) is 11.1. The molecule has 1 aromatic carbocycles. The number of thiocarbonyl (C=S) groups is 1. The standard InChI is InChI=1S/C15H13N5O2S/c1-8-16-11(7-12(17-8)22-2)19-15(23)13-18-10-6-4-3-5-9(10)14(21)20-13/h3-7H,1-2H3,(H,18,20,21)(H,16,17,19,23). The number of aryl methyl sites for hydroxylation is 1. The van der Waals surface area contributed by atoms with Crippen LogP contribution in [-0.4, -0.2) is 32.0 Å². The van der Waals surface area contributed by atoms with Crippen LogP contribution in [0.25, 0.3) is 10.9 Å². The third-order valence-corrected chi connectivity index (χ3v) is 3.39. The molecule has 0 aliphatic heterocycles. The molecule has 7 nitrogen and oxygen atoms in total. The van der Waals surface area contributed by atoms with Crippen LogP contribution in [0, 0.1) is 6.92 Å². The number of hydrogen-bond acceptors (Lipinski definition) is 6. The molecular weight excluding hydrogens is 314 g/mol. The van der Waals surface area contributed by atoms with E-state index in [9.17, 15) is 4.79 Å². The molecular formula is C15H13N5O2S. The number of nitrogens with one attached hydrogen (secondary N) is 2. The Balaban J connectivity index is 1.95. The zero-order valence-corrected chi connectivity index (χ0v) is 13.3. The second-order valence-electron chi connectivity index (χ2n) is 4.73. The van der Waals surface area contributed by atoms with Crippen molar-refractivity contribution in [3.05, 3.63) is 52.3 Å². The smallest absolute Gasteiger partial charge is 0.259 e. The first-order valence-corrected chi connectivity index (χ1v) is 7.18. The van der Waals surface area contributed by atoms with Crippen LogP contribution in [0.1, 0.15) is 11.6 Å². The highest BCUT2D eigenvalue weighted by Crippen LogP contribution is 2.14. The Morgan fingerprint density at radius 2 is 2.04 bits per heavy atom. The number of methoxy groups -OCH3 is 1. The predicted molar refractivity (Wildman–Crippen MR) is 91.0 cm³/mol. The van der Waals surface area contributed by atoms with Crippen molar-refractivity contribution in [2.24, 2.45) is 0 Å². The summed E-state index contributed by atoms with van der Waals surface area (Å²) in [5.41, 5.74) is 0.332. The van der Waals surface area contributed by atoms with Crippen molar-refractivity contribution in [2.75, 3.05) is 12.4 Å². The van der Waals surface area contributed by atoms with E-state index in [0.717, 1.165) is 0 Å². The van der Waals surface area contributed by atoms with Crippen LogP contribution in [0.5, 0.6) is 5.88 Å². The number of hydrogen-bond donors (Lipinski definition) is 2. The molecule has 0 spiro atoms. The molecule has 8 heteroatoms. The lowest BCUT2D eigenvalue weighted by Gasteiger charge is -2.09. The van der Waals surface area contributed by atoms with E-state index in [1.165, 1.54) is 7.11 Å². The van der Waals surface area contributed by atoms with E-state index in [0.29, 0.717) is 28.4 Å². The summed E-state index contributed by atoms with van der Waals surface area (Å²) in [6.07, 6.45) is 0. The molecule has 0 fully saturated rings. The average molecular weight is 327 g/mol. The normalized spacial score (nSPS) is 10.5. The molecule has 0 atom stereocenters. The maximum absolute atomic E-state index is 12.1. The van der Waals surface area contributed by atoms with Crippen LogP contribution in [0.3, 0.4) is 0 Å². The summed E-state index contributed by atoms with van der Waals surface area (Å²) < 4.78 is 5.09. The Bertz CT molecular complexity index is 954. The van der Waals surface area contributed by atoms with Crippen molar-refractivity contribution in [1.82, 2.24) is 19.9 Å². The van der Waals surface area contributed by atoms with Crippen LogP contribution < -0.4 is 15.6 Å². The minimum atomic E-state index is -0.244. The molecule has 0 bridgehead atoms. The molecule has 0 radical (unpaired) electrons. The molecule has 0 saturated carbocycles. The Morgan fingerprint density at radius 3 is 2.83 bits per heavy atom. The van der Waals surface area contributed by atoms with Crippen LogP contribution in [0.2, 0.25) is 0 Å². The fourth-order valence-electron chi connectivity index (χ4n) is 2.08. The van der Waals surface area contributed by atoms with Gasteiger partial charge in [0.2, 0.25) is 5.88 Å². The summed E-state index contributed by atoms with van der Waals surface area (Å²) in [5.74, 6) is 1.70.